The number of phenols is 4. The maximum Gasteiger partial charge on any atom is 0.157 e. The zero-order valence-corrected chi connectivity index (χ0v) is 18.2. The van der Waals surface area contributed by atoms with E-state index >= 15 is 0 Å². The van der Waals surface area contributed by atoms with Gasteiger partial charge in [-0.25, -0.2) is 0 Å². The highest BCUT2D eigenvalue weighted by Gasteiger charge is 2.10. The number of aliphatic hydroxyl groups is 2. The molecule has 0 aliphatic heterocycles. The fourth-order valence-electron chi connectivity index (χ4n) is 3.06. The normalized spacial score (nSPS) is 12.8. The number of halogens is 1. The van der Waals surface area contributed by atoms with Gasteiger partial charge in [0.2, 0.25) is 0 Å². The number of nitrogens with one attached hydrogen (secondary N) is 2. The minimum atomic E-state index is -0.748. The minimum absolute atomic E-state index is 0. The molecule has 0 heterocycles. The molecule has 0 spiro atoms. The fourth-order valence-corrected chi connectivity index (χ4v) is 3.06. The van der Waals surface area contributed by atoms with Crippen molar-refractivity contribution < 1.29 is 30.6 Å². The second-order valence-electron chi connectivity index (χ2n) is 7.35. The van der Waals surface area contributed by atoms with E-state index in [1.54, 1.807) is 12.1 Å². The van der Waals surface area contributed by atoms with E-state index in [4.69, 9.17) is 0 Å². The molecular weight excluding hydrogens is 424 g/mol. The van der Waals surface area contributed by atoms with Crippen LogP contribution in [0.1, 0.15) is 49.0 Å². The van der Waals surface area contributed by atoms with Crippen molar-refractivity contribution in [2.75, 3.05) is 26.2 Å². The van der Waals surface area contributed by atoms with Crippen molar-refractivity contribution in [1.29, 1.82) is 0 Å². The van der Waals surface area contributed by atoms with Crippen LogP contribution in [0.4, 0.5) is 0 Å². The van der Waals surface area contributed by atoms with Gasteiger partial charge < -0.3 is 41.3 Å². The first-order valence-corrected chi connectivity index (χ1v) is 10.2. The van der Waals surface area contributed by atoms with Gasteiger partial charge in [-0.2, -0.15) is 0 Å². The van der Waals surface area contributed by atoms with Gasteiger partial charge in [0.1, 0.15) is 0 Å². The van der Waals surface area contributed by atoms with Crippen molar-refractivity contribution in [3.05, 3.63) is 47.5 Å². The molecule has 8 nitrogen and oxygen atoms in total. The molecule has 31 heavy (non-hydrogen) atoms. The first-order chi connectivity index (χ1) is 14.4. The first kappa shape index (κ1) is 26.8. The third kappa shape index (κ3) is 9.20. The maximum absolute atomic E-state index is 10.1. The van der Waals surface area contributed by atoms with Crippen LogP contribution in [0.5, 0.6) is 23.0 Å². The standard InChI is InChI=1S/C22H32N2O6.ClH/c25-17-7-5-15(11-19(17)27)21(29)13-23-9-3-1-2-4-10-24-14-22(30)16-6-8-18(26)20(28)12-16;/h5-8,11-12,21-30H,1-4,9-10,13-14H2;1H. The van der Waals surface area contributed by atoms with Gasteiger partial charge in [-0.1, -0.05) is 25.0 Å². The number of rotatable bonds is 13. The van der Waals surface area contributed by atoms with E-state index in [2.05, 4.69) is 10.6 Å². The smallest absolute Gasteiger partial charge is 0.157 e. The lowest BCUT2D eigenvalue weighted by atomic mass is 10.1. The SMILES string of the molecule is Cl.Oc1ccc(C(O)CNCCCCCCNCC(O)c2ccc(O)c(O)c2)cc1O. The minimum Gasteiger partial charge on any atom is -0.504 e. The molecule has 0 aliphatic carbocycles. The van der Waals surface area contributed by atoms with Gasteiger partial charge >= 0.3 is 0 Å². The van der Waals surface area contributed by atoms with Crippen LogP contribution in [0.3, 0.4) is 0 Å². The third-order valence-corrected chi connectivity index (χ3v) is 4.90. The Bertz CT molecular complexity index is 727. The molecule has 0 bridgehead atoms. The molecule has 2 rings (SSSR count). The zero-order valence-electron chi connectivity index (χ0n) is 17.4. The van der Waals surface area contributed by atoms with Gasteiger partial charge in [-0.05, 0) is 61.3 Å². The van der Waals surface area contributed by atoms with E-state index in [9.17, 15) is 30.6 Å². The largest absolute Gasteiger partial charge is 0.504 e. The molecule has 0 aliphatic rings. The maximum atomic E-state index is 10.1. The summed E-state index contributed by atoms with van der Waals surface area (Å²) in [6, 6.07) is 8.59. The second-order valence-corrected chi connectivity index (χ2v) is 7.35. The van der Waals surface area contributed by atoms with Crippen LogP contribution in [0.25, 0.3) is 0 Å². The van der Waals surface area contributed by atoms with E-state index < -0.39 is 12.2 Å². The van der Waals surface area contributed by atoms with Gasteiger partial charge in [-0.15, -0.1) is 12.4 Å². The lowest BCUT2D eigenvalue weighted by Crippen LogP contribution is -2.23. The van der Waals surface area contributed by atoms with Crippen molar-refractivity contribution in [1.82, 2.24) is 10.6 Å². The molecule has 0 saturated heterocycles. The number of benzene rings is 2. The quantitative estimate of drug-likeness (QED) is 0.169. The molecule has 174 valence electrons. The molecule has 0 saturated carbocycles. The van der Waals surface area contributed by atoms with Crippen LogP contribution in [-0.2, 0) is 0 Å². The number of aliphatic hydroxyl groups excluding tert-OH is 2. The monoisotopic (exact) mass is 456 g/mol. The molecule has 2 aromatic carbocycles. The van der Waals surface area contributed by atoms with Gasteiger partial charge in [0.05, 0.1) is 12.2 Å². The molecule has 0 aromatic heterocycles. The van der Waals surface area contributed by atoms with Crippen LogP contribution in [0.15, 0.2) is 36.4 Å². The summed E-state index contributed by atoms with van der Waals surface area (Å²) in [5.41, 5.74) is 1.10. The number of hydrogen-bond acceptors (Lipinski definition) is 8. The zero-order chi connectivity index (χ0) is 21.9. The van der Waals surface area contributed by atoms with Crippen molar-refractivity contribution in [3.8, 4) is 23.0 Å². The number of aromatic hydroxyl groups is 4. The lowest BCUT2D eigenvalue weighted by Gasteiger charge is -2.13. The second kappa shape index (κ2) is 14.0. The van der Waals surface area contributed by atoms with Crippen molar-refractivity contribution in [2.45, 2.75) is 37.9 Å². The van der Waals surface area contributed by atoms with Crippen LogP contribution < -0.4 is 10.6 Å². The highest BCUT2D eigenvalue weighted by molar-refractivity contribution is 5.85. The highest BCUT2D eigenvalue weighted by atomic mass is 35.5. The Morgan fingerprint density at radius 2 is 0.968 bits per heavy atom. The third-order valence-electron chi connectivity index (χ3n) is 4.90. The Labute approximate surface area is 188 Å². The van der Waals surface area contributed by atoms with E-state index in [0.717, 1.165) is 38.8 Å². The van der Waals surface area contributed by atoms with Gasteiger partial charge in [-0.3, -0.25) is 0 Å². The molecule has 0 radical (unpaired) electrons. The number of phenolic OH excluding ortho intramolecular Hbond substituents is 4. The van der Waals surface area contributed by atoms with E-state index in [0.29, 0.717) is 24.2 Å². The number of hydrogen-bond donors (Lipinski definition) is 8. The summed E-state index contributed by atoms with van der Waals surface area (Å²) in [4.78, 5) is 0. The topological polar surface area (TPSA) is 145 Å². The van der Waals surface area contributed by atoms with E-state index in [1.165, 1.54) is 24.3 Å². The Kier molecular flexibility index (Phi) is 12.1. The fraction of sp³-hybridized carbons (Fsp3) is 0.455. The van der Waals surface area contributed by atoms with E-state index in [-0.39, 0.29) is 35.4 Å². The molecule has 2 unspecified atom stereocenters. The van der Waals surface area contributed by atoms with Gasteiger partial charge in [0.15, 0.2) is 23.0 Å². The average Bonchev–Trinajstić information content (AvgIpc) is 2.73. The lowest BCUT2D eigenvalue weighted by molar-refractivity contribution is 0.173. The Morgan fingerprint density at radius 1 is 0.581 bits per heavy atom. The summed E-state index contributed by atoms with van der Waals surface area (Å²) in [5, 5.41) is 64.0. The number of unbranched alkanes of at least 4 members (excludes halogenated alkanes) is 3. The van der Waals surface area contributed by atoms with Gasteiger partial charge in [0, 0.05) is 13.1 Å². The van der Waals surface area contributed by atoms with E-state index in [1.807, 2.05) is 0 Å². The molecule has 8 N–H and O–H groups in total. The summed E-state index contributed by atoms with van der Waals surface area (Å²) in [7, 11) is 0. The molecule has 0 amide bonds. The Hall–Kier alpha value is -2.23. The average molecular weight is 457 g/mol. The van der Waals surface area contributed by atoms with Gasteiger partial charge in [0.25, 0.3) is 0 Å². The van der Waals surface area contributed by atoms with Crippen LogP contribution >= 0.6 is 12.4 Å². The molecule has 2 atom stereocenters. The van der Waals surface area contributed by atoms with Crippen molar-refractivity contribution in [2.24, 2.45) is 0 Å². The summed E-state index contributed by atoms with van der Waals surface area (Å²) >= 11 is 0. The molecule has 2 aromatic rings. The summed E-state index contributed by atoms with van der Waals surface area (Å²) < 4.78 is 0. The molecule has 0 fully saturated rings. The van der Waals surface area contributed by atoms with Crippen LogP contribution in [-0.4, -0.2) is 56.8 Å². The molecule has 9 heteroatoms. The summed E-state index contributed by atoms with van der Waals surface area (Å²) in [6.45, 7) is 2.29. The first-order valence-electron chi connectivity index (χ1n) is 10.2. The summed E-state index contributed by atoms with van der Waals surface area (Å²) in [6.07, 6.45) is 2.54. The van der Waals surface area contributed by atoms with Crippen molar-refractivity contribution in [3.63, 3.8) is 0 Å². The Morgan fingerprint density at radius 3 is 1.32 bits per heavy atom. The summed E-state index contributed by atoms with van der Waals surface area (Å²) in [5.74, 6) is -0.895. The molecular formula is C22H33ClN2O6. The van der Waals surface area contributed by atoms with Crippen molar-refractivity contribution >= 4 is 12.4 Å². The predicted octanol–water partition coefficient (Wildman–Crippen LogP) is 2.44. The Balaban J connectivity index is 0.00000480. The predicted molar refractivity (Wildman–Crippen MR) is 121 cm³/mol. The van der Waals surface area contributed by atoms with Crippen LogP contribution in [0, 0.1) is 0 Å². The highest BCUT2D eigenvalue weighted by Crippen LogP contribution is 2.28. The van der Waals surface area contributed by atoms with Crippen LogP contribution in [0.2, 0.25) is 0 Å².